The van der Waals surface area contributed by atoms with Crippen molar-refractivity contribution in [2.45, 2.75) is 6.54 Å². The predicted molar refractivity (Wildman–Crippen MR) is 104 cm³/mol. The van der Waals surface area contributed by atoms with E-state index in [0.717, 1.165) is 32.8 Å². The van der Waals surface area contributed by atoms with Crippen LogP contribution in [0, 0.1) is 0 Å². The number of aromatic nitrogens is 2. The van der Waals surface area contributed by atoms with Crippen LogP contribution < -0.4 is 4.80 Å². The van der Waals surface area contributed by atoms with Crippen LogP contribution in [-0.2, 0) is 11.3 Å². The van der Waals surface area contributed by atoms with E-state index in [9.17, 15) is 0 Å². The Kier molecular flexibility index (Phi) is 7.17. The van der Waals surface area contributed by atoms with Crippen molar-refractivity contribution in [1.29, 1.82) is 0 Å². The molecule has 0 fully saturated rings. The molecule has 0 spiro atoms. The molecule has 0 aliphatic heterocycles. The number of nitrogens with zero attached hydrogens (tertiary/aromatic N) is 3. The smallest absolute Gasteiger partial charge is 0.190 e. The van der Waals surface area contributed by atoms with Crippen molar-refractivity contribution in [2.24, 2.45) is 4.99 Å². The van der Waals surface area contributed by atoms with Gasteiger partial charge in [-0.25, -0.2) is 4.99 Å². The van der Waals surface area contributed by atoms with E-state index in [4.69, 9.17) is 9.73 Å². The highest BCUT2D eigenvalue weighted by Gasteiger charge is 2.08. The van der Waals surface area contributed by atoms with Gasteiger partial charge < -0.3 is 9.30 Å². The van der Waals surface area contributed by atoms with Crippen LogP contribution in [0.5, 0.6) is 0 Å². The molecule has 0 saturated heterocycles. The molecule has 3 rings (SSSR count). The van der Waals surface area contributed by atoms with Gasteiger partial charge in [-0.15, -0.1) is 23.7 Å². The second-order valence-corrected chi connectivity index (χ2v) is 6.63. The van der Waals surface area contributed by atoms with E-state index < -0.39 is 0 Å². The molecule has 0 saturated carbocycles. The summed E-state index contributed by atoms with van der Waals surface area (Å²) in [6, 6.07) is 12.1. The second kappa shape index (κ2) is 9.13. The van der Waals surface area contributed by atoms with Gasteiger partial charge in [0.1, 0.15) is 0 Å². The number of benzene rings is 1. The Labute approximate surface area is 159 Å². The Hall–Kier alpha value is -1.47. The first-order valence-electron chi connectivity index (χ1n) is 7.16. The van der Waals surface area contributed by atoms with Crippen LogP contribution in [0.25, 0.3) is 11.3 Å². The van der Waals surface area contributed by atoms with Crippen molar-refractivity contribution < 1.29 is 4.74 Å². The van der Waals surface area contributed by atoms with Crippen LogP contribution in [0.2, 0.25) is 0 Å². The highest BCUT2D eigenvalue weighted by molar-refractivity contribution is 9.10. The van der Waals surface area contributed by atoms with Gasteiger partial charge in [-0.3, -0.25) is 4.98 Å². The fraction of sp³-hybridized carbons (Fsp3) is 0.176. The maximum absolute atomic E-state index is 5.25. The van der Waals surface area contributed by atoms with Crippen molar-refractivity contribution in [1.82, 2.24) is 9.55 Å². The predicted octanol–water partition coefficient (Wildman–Crippen LogP) is 4.67. The molecule has 0 radical (unpaired) electrons. The molecule has 0 amide bonds. The molecule has 7 heteroatoms. The summed E-state index contributed by atoms with van der Waals surface area (Å²) in [4.78, 5) is 9.77. The molecular weight excluding hydrogens is 410 g/mol. The van der Waals surface area contributed by atoms with E-state index in [-0.39, 0.29) is 12.4 Å². The maximum atomic E-state index is 5.25. The lowest BCUT2D eigenvalue weighted by molar-refractivity contribution is 0.187. The van der Waals surface area contributed by atoms with Crippen molar-refractivity contribution in [3.05, 3.63) is 63.4 Å². The fourth-order valence-electron chi connectivity index (χ4n) is 2.20. The van der Waals surface area contributed by atoms with E-state index in [2.05, 4.69) is 43.0 Å². The minimum absolute atomic E-state index is 0. The summed E-state index contributed by atoms with van der Waals surface area (Å²) in [6.45, 7) is 1.39. The first kappa shape index (κ1) is 18.9. The lowest BCUT2D eigenvalue weighted by atomic mass is 10.2. The molecule has 0 aliphatic carbocycles. The minimum atomic E-state index is 0. The summed E-state index contributed by atoms with van der Waals surface area (Å²) in [6.07, 6.45) is 3.51. The summed E-state index contributed by atoms with van der Waals surface area (Å²) in [5.74, 6) is 0. The molecule has 0 aliphatic rings. The quantitative estimate of drug-likeness (QED) is 0.594. The zero-order chi connectivity index (χ0) is 16.1. The molecule has 0 unspecified atom stereocenters. The first-order valence-corrected chi connectivity index (χ1v) is 8.83. The van der Waals surface area contributed by atoms with Gasteiger partial charge in [0.25, 0.3) is 0 Å². The monoisotopic (exact) mass is 425 g/mol. The Morgan fingerprint density at radius 2 is 2.04 bits per heavy atom. The maximum Gasteiger partial charge on any atom is 0.190 e. The SMILES string of the molecule is COCCn1c(-c2ccc(Br)cc2)csc1=Nc1cccnc1.Cl. The fourth-order valence-corrected chi connectivity index (χ4v) is 3.42. The highest BCUT2D eigenvalue weighted by atomic mass is 79.9. The van der Waals surface area contributed by atoms with Crippen molar-refractivity contribution in [2.75, 3.05) is 13.7 Å². The normalized spacial score (nSPS) is 11.3. The summed E-state index contributed by atoms with van der Waals surface area (Å²) >= 11 is 5.10. The number of halogens is 2. The lowest BCUT2D eigenvalue weighted by Gasteiger charge is -2.08. The number of hydrogen-bond acceptors (Lipinski definition) is 4. The van der Waals surface area contributed by atoms with E-state index in [1.165, 1.54) is 0 Å². The van der Waals surface area contributed by atoms with E-state index in [1.807, 2.05) is 24.3 Å². The van der Waals surface area contributed by atoms with Gasteiger partial charge in [-0.05, 0) is 29.8 Å². The standard InChI is InChI=1S/C17H16BrN3OS.ClH/c1-22-10-9-21-16(13-4-6-14(18)7-5-13)12-23-17(21)20-15-3-2-8-19-11-15;/h2-8,11-12H,9-10H2,1H3;1H. The van der Waals surface area contributed by atoms with Gasteiger partial charge in [0.05, 0.1) is 24.2 Å². The van der Waals surface area contributed by atoms with Crippen LogP contribution >= 0.6 is 39.7 Å². The summed E-state index contributed by atoms with van der Waals surface area (Å²) < 4.78 is 8.51. The third-order valence-corrected chi connectivity index (χ3v) is 4.72. The first-order chi connectivity index (χ1) is 11.3. The van der Waals surface area contributed by atoms with Gasteiger partial charge in [0, 0.05) is 29.7 Å². The van der Waals surface area contributed by atoms with Crippen molar-refractivity contribution in [3.63, 3.8) is 0 Å². The zero-order valence-electron chi connectivity index (χ0n) is 13.1. The molecule has 0 bridgehead atoms. The summed E-state index contributed by atoms with van der Waals surface area (Å²) in [5, 5.41) is 2.13. The van der Waals surface area contributed by atoms with Gasteiger partial charge in [-0.2, -0.15) is 0 Å². The van der Waals surface area contributed by atoms with Crippen molar-refractivity contribution in [3.8, 4) is 11.3 Å². The topological polar surface area (TPSA) is 39.4 Å². The molecule has 0 atom stereocenters. The largest absolute Gasteiger partial charge is 0.383 e. The number of rotatable bonds is 5. The molecule has 0 N–H and O–H groups in total. The van der Waals surface area contributed by atoms with Crippen LogP contribution in [0.15, 0.2) is 63.6 Å². The van der Waals surface area contributed by atoms with Gasteiger partial charge in [0.15, 0.2) is 4.80 Å². The molecule has 126 valence electrons. The minimum Gasteiger partial charge on any atom is -0.383 e. The number of hydrogen-bond donors (Lipinski definition) is 0. The van der Waals surface area contributed by atoms with E-state index in [0.29, 0.717) is 6.61 Å². The molecule has 3 aromatic rings. The van der Waals surface area contributed by atoms with Crippen LogP contribution in [0.3, 0.4) is 0 Å². The van der Waals surface area contributed by atoms with Gasteiger partial charge in [0.2, 0.25) is 0 Å². The highest BCUT2D eigenvalue weighted by Crippen LogP contribution is 2.23. The molecular formula is C17H17BrClN3OS. The second-order valence-electron chi connectivity index (χ2n) is 4.88. The Morgan fingerprint density at radius 3 is 2.71 bits per heavy atom. The number of thiazole rings is 1. The number of pyridine rings is 1. The van der Waals surface area contributed by atoms with Gasteiger partial charge >= 0.3 is 0 Å². The number of methoxy groups -OCH3 is 1. The molecule has 2 aromatic heterocycles. The Bertz CT molecular complexity index is 831. The molecule has 1 aromatic carbocycles. The molecule has 24 heavy (non-hydrogen) atoms. The average Bonchev–Trinajstić information content (AvgIpc) is 2.97. The Balaban J connectivity index is 0.00000208. The molecule has 4 nitrogen and oxygen atoms in total. The summed E-state index contributed by atoms with van der Waals surface area (Å²) in [5.41, 5.74) is 3.15. The van der Waals surface area contributed by atoms with E-state index in [1.54, 1.807) is 30.8 Å². The Morgan fingerprint density at radius 1 is 1.25 bits per heavy atom. The average molecular weight is 427 g/mol. The van der Waals surface area contributed by atoms with Crippen molar-refractivity contribution >= 4 is 45.4 Å². The van der Waals surface area contributed by atoms with Gasteiger partial charge in [-0.1, -0.05) is 28.1 Å². The van der Waals surface area contributed by atoms with Crippen LogP contribution in [0.4, 0.5) is 5.69 Å². The van der Waals surface area contributed by atoms with Crippen LogP contribution in [0.1, 0.15) is 0 Å². The summed E-state index contributed by atoms with van der Waals surface area (Å²) in [7, 11) is 1.71. The third-order valence-electron chi connectivity index (χ3n) is 3.33. The molecule has 2 heterocycles. The number of ether oxygens (including phenoxy) is 1. The third kappa shape index (κ3) is 4.54. The van der Waals surface area contributed by atoms with E-state index >= 15 is 0 Å². The van der Waals surface area contributed by atoms with Crippen LogP contribution in [-0.4, -0.2) is 23.3 Å². The zero-order valence-corrected chi connectivity index (χ0v) is 16.3. The lowest BCUT2D eigenvalue weighted by Crippen LogP contribution is -2.18.